The van der Waals surface area contributed by atoms with Crippen LogP contribution in [0, 0.1) is 5.92 Å². The van der Waals surface area contributed by atoms with Gasteiger partial charge in [-0.05, 0) is 5.92 Å². The highest BCUT2D eigenvalue weighted by Crippen LogP contribution is 2.07. The van der Waals surface area contributed by atoms with Crippen molar-refractivity contribution in [2.24, 2.45) is 5.92 Å². The molecule has 2 atom stereocenters. The number of hydrogen-bond donors (Lipinski definition) is 2. The molecule has 14 heavy (non-hydrogen) atoms. The second-order valence-electron chi connectivity index (χ2n) is 2.90. The Bertz CT molecular complexity index is 180. The molecule has 0 aliphatic carbocycles. The van der Waals surface area contributed by atoms with Crippen molar-refractivity contribution >= 4 is 11.9 Å². The Morgan fingerprint density at radius 3 is 2.00 bits per heavy atom. The fourth-order valence-electron chi connectivity index (χ4n) is 0.902. The van der Waals surface area contributed by atoms with Crippen molar-refractivity contribution in [2.75, 3.05) is 0 Å². The molecule has 1 amide bonds. The number of hydrogen-bond acceptors (Lipinski definition) is 2. The first kappa shape index (κ1) is 15.4. The maximum Gasteiger partial charge on any atom is 0.326 e. The molecule has 0 radical (unpaired) electrons. The van der Waals surface area contributed by atoms with E-state index in [1.54, 1.807) is 6.92 Å². The lowest BCUT2D eigenvalue weighted by atomic mass is 9.99. The van der Waals surface area contributed by atoms with Crippen LogP contribution in [-0.2, 0) is 9.59 Å². The van der Waals surface area contributed by atoms with Gasteiger partial charge in [-0.3, -0.25) is 4.79 Å². The van der Waals surface area contributed by atoms with Crippen LogP contribution in [0.15, 0.2) is 0 Å². The summed E-state index contributed by atoms with van der Waals surface area (Å²) in [7, 11) is 0. The average molecular weight is 203 g/mol. The molecule has 0 saturated carbocycles. The van der Waals surface area contributed by atoms with E-state index in [9.17, 15) is 9.59 Å². The number of rotatable bonds is 4. The van der Waals surface area contributed by atoms with E-state index in [4.69, 9.17) is 5.11 Å². The summed E-state index contributed by atoms with van der Waals surface area (Å²) in [6, 6.07) is -0.757. The van der Waals surface area contributed by atoms with Gasteiger partial charge < -0.3 is 10.4 Å². The highest BCUT2D eigenvalue weighted by Gasteiger charge is 2.23. The molecule has 0 saturated heterocycles. The molecule has 0 fully saturated rings. The summed E-state index contributed by atoms with van der Waals surface area (Å²) in [5, 5.41) is 11.1. The predicted molar refractivity (Wildman–Crippen MR) is 56.0 cm³/mol. The largest absolute Gasteiger partial charge is 0.480 e. The molecule has 0 heterocycles. The van der Waals surface area contributed by atoms with Gasteiger partial charge in [0.1, 0.15) is 6.04 Å². The summed E-state index contributed by atoms with van der Waals surface area (Å²) in [6.45, 7) is 9.01. The van der Waals surface area contributed by atoms with Crippen LogP contribution < -0.4 is 5.32 Å². The first-order chi connectivity index (χ1) is 6.49. The summed E-state index contributed by atoms with van der Waals surface area (Å²) < 4.78 is 0. The van der Waals surface area contributed by atoms with Crippen molar-refractivity contribution in [3.05, 3.63) is 0 Å². The topological polar surface area (TPSA) is 66.4 Å². The summed E-state index contributed by atoms with van der Waals surface area (Å²) in [4.78, 5) is 21.2. The quantitative estimate of drug-likeness (QED) is 0.730. The molecule has 0 bridgehead atoms. The minimum absolute atomic E-state index is 0.0357. The van der Waals surface area contributed by atoms with Crippen molar-refractivity contribution in [3.63, 3.8) is 0 Å². The zero-order valence-corrected chi connectivity index (χ0v) is 9.63. The molecule has 4 heteroatoms. The third-order valence-corrected chi connectivity index (χ3v) is 1.84. The zero-order chi connectivity index (χ0) is 11.7. The standard InChI is InChI=1S/C8H15NO3.C2H6/c1-4-5(2)7(8(11)12)9-6(3)10;1-2/h5,7H,4H2,1-3H3,(H,9,10)(H,11,12);1-2H3. The van der Waals surface area contributed by atoms with Gasteiger partial charge in [0.05, 0.1) is 0 Å². The molecule has 4 nitrogen and oxygen atoms in total. The third-order valence-electron chi connectivity index (χ3n) is 1.84. The molecule has 0 aromatic carbocycles. The number of carbonyl (C=O) groups excluding carboxylic acids is 1. The van der Waals surface area contributed by atoms with Crippen LogP contribution in [0.25, 0.3) is 0 Å². The Morgan fingerprint density at radius 2 is 1.79 bits per heavy atom. The lowest BCUT2D eigenvalue weighted by molar-refractivity contribution is -0.143. The number of nitrogens with one attached hydrogen (secondary N) is 1. The fourth-order valence-corrected chi connectivity index (χ4v) is 0.902. The molecule has 0 aliphatic rings. The summed E-state index contributed by atoms with van der Waals surface area (Å²) >= 11 is 0. The van der Waals surface area contributed by atoms with E-state index >= 15 is 0 Å². The molecular formula is C10H21NO3. The molecule has 0 aromatic heterocycles. The number of carbonyl (C=O) groups is 2. The Morgan fingerprint density at radius 1 is 1.36 bits per heavy atom. The van der Waals surface area contributed by atoms with Gasteiger partial charge in [0.25, 0.3) is 0 Å². The van der Waals surface area contributed by atoms with Crippen molar-refractivity contribution in [3.8, 4) is 0 Å². The number of carboxylic acids is 1. The van der Waals surface area contributed by atoms with E-state index in [0.29, 0.717) is 0 Å². The predicted octanol–water partition coefficient (Wildman–Crippen LogP) is 1.65. The number of aliphatic carboxylic acids is 1. The normalized spacial score (nSPS) is 13.2. The summed E-state index contributed by atoms with van der Waals surface area (Å²) in [5.74, 6) is -1.31. The molecule has 2 N–H and O–H groups in total. The van der Waals surface area contributed by atoms with Crippen LogP contribution in [0.5, 0.6) is 0 Å². The van der Waals surface area contributed by atoms with Crippen LogP contribution in [0.2, 0.25) is 0 Å². The van der Waals surface area contributed by atoms with Gasteiger partial charge in [-0.2, -0.15) is 0 Å². The molecule has 0 spiro atoms. The molecule has 84 valence electrons. The van der Waals surface area contributed by atoms with Gasteiger partial charge in [-0.1, -0.05) is 34.1 Å². The van der Waals surface area contributed by atoms with Crippen LogP contribution in [0.1, 0.15) is 41.0 Å². The summed E-state index contributed by atoms with van der Waals surface area (Å²) in [6.07, 6.45) is 0.733. The fraction of sp³-hybridized carbons (Fsp3) is 0.800. The van der Waals surface area contributed by atoms with Crippen molar-refractivity contribution in [1.82, 2.24) is 5.32 Å². The lowest BCUT2D eigenvalue weighted by Gasteiger charge is -2.18. The highest BCUT2D eigenvalue weighted by molar-refractivity contribution is 5.82. The summed E-state index contributed by atoms with van der Waals surface area (Å²) in [5.41, 5.74) is 0. The molecule has 2 unspecified atom stereocenters. The van der Waals surface area contributed by atoms with Crippen LogP contribution >= 0.6 is 0 Å². The third kappa shape index (κ3) is 6.46. The minimum atomic E-state index is -0.973. The van der Waals surface area contributed by atoms with E-state index in [1.807, 2.05) is 20.8 Å². The Balaban J connectivity index is 0. The second-order valence-corrected chi connectivity index (χ2v) is 2.90. The van der Waals surface area contributed by atoms with Crippen molar-refractivity contribution < 1.29 is 14.7 Å². The Kier molecular flexibility index (Phi) is 9.40. The Labute approximate surface area is 85.7 Å². The SMILES string of the molecule is CC.CCC(C)C(NC(C)=O)C(=O)O. The van der Waals surface area contributed by atoms with E-state index in [2.05, 4.69) is 5.32 Å². The second kappa shape index (κ2) is 8.53. The number of amides is 1. The van der Waals surface area contributed by atoms with Gasteiger partial charge in [0.2, 0.25) is 5.91 Å². The van der Waals surface area contributed by atoms with E-state index in [1.165, 1.54) is 6.92 Å². The maximum atomic E-state index is 10.6. The minimum Gasteiger partial charge on any atom is -0.480 e. The Hall–Kier alpha value is -1.06. The van der Waals surface area contributed by atoms with E-state index in [0.717, 1.165) is 6.42 Å². The van der Waals surface area contributed by atoms with E-state index in [-0.39, 0.29) is 11.8 Å². The van der Waals surface area contributed by atoms with Crippen LogP contribution in [0.3, 0.4) is 0 Å². The highest BCUT2D eigenvalue weighted by atomic mass is 16.4. The van der Waals surface area contributed by atoms with Crippen molar-refractivity contribution in [1.29, 1.82) is 0 Å². The number of carboxylic acid groups (broad SMARTS) is 1. The molecule has 0 aromatic rings. The van der Waals surface area contributed by atoms with E-state index < -0.39 is 12.0 Å². The van der Waals surface area contributed by atoms with Crippen LogP contribution in [0.4, 0.5) is 0 Å². The molecule has 0 rings (SSSR count). The smallest absolute Gasteiger partial charge is 0.326 e. The maximum absolute atomic E-state index is 10.6. The van der Waals surface area contributed by atoms with Crippen molar-refractivity contribution in [2.45, 2.75) is 47.1 Å². The zero-order valence-electron chi connectivity index (χ0n) is 9.63. The molecular weight excluding hydrogens is 182 g/mol. The molecule has 0 aliphatic heterocycles. The van der Waals surface area contributed by atoms with Crippen LogP contribution in [-0.4, -0.2) is 23.0 Å². The van der Waals surface area contributed by atoms with Gasteiger partial charge in [0, 0.05) is 6.92 Å². The lowest BCUT2D eigenvalue weighted by Crippen LogP contribution is -2.43. The average Bonchev–Trinajstić information content (AvgIpc) is 2.15. The monoisotopic (exact) mass is 203 g/mol. The van der Waals surface area contributed by atoms with Gasteiger partial charge in [-0.25, -0.2) is 4.79 Å². The van der Waals surface area contributed by atoms with Gasteiger partial charge in [-0.15, -0.1) is 0 Å². The first-order valence-electron chi connectivity index (χ1n) is 4.99. The first-order valence-corrected chi connectivity index (χ1v) is 4.99. The van der Waals surface area contributed by atoms with Gasteiger partial charge in [0.15, 0.2) is 0 Å². The van der Waals surface area contributed by atoms with Gasteiger partial charge >= 0.3 is 5.97 Å².